The van der Waals surface area contributed by atoms with Gasteiger partial charge in [-0.3, -0.25) is 9.62 Å². The van der Waals surface area contributed by atoms with Crippen LogP contribution in [0.2, 0.25) is 0 Å². The number of pyridine rings is 1. The number of carbonyl (C=O) groups is 1. The summed E-state index contributed by atoms with van der Waals surface area (Å²) in [7, 11) is -3.69. The fourth-order valence-electron chi connectivity index (χ4n) is 5.72. The van der Waals surface area contributed by atoms with Gasteiger partial charge in [-0.05, 0) is 58.7 Å². The number of nitrogens with zero attached hydrogens (tertiary/aromatic N) is 3. The maximum absolute atomic E-state index is 13.5. The van der Waals surface area contributed by atoms with Gasteiger partial charge in [-0.15, -0.1) is 0 Å². The molecule has 0 amide bonds. The maximum Gasteiger partial charge on any atom is 0.355 e. The van der Waals surface area contributed by atoms with Crippen LogP contribution in [-0.2, 0) is 38.3 Å². The third-order valence-corrected chi connectivity index (χ3v) is 9.18. The molecule has 0 saturated carbocycles. The van der Waals surface area contributed by atoms with Crippen molar-refractivity contribution < 1.29 is 22.7 Å². The number of anilines is 1. The van der Waals surface area contributed by atoms with Crippen LogP contribution >= 0.6 is 0 Å². The highest BCUT2D eigenvalue weighted by atomic mass is 32.2. The average Bonchev–Trinajstić information content (AvgIpc) is 3.41. The summed E-state index contributed by atoms with van der Waals surface area (Å²) in [6.07, 6.45) is 0.720. The molecule has 5 aromatic rings. The van der Waals surface area contributed by atoms with Gasteiger partial charge < -0.3 is 19.8 Å². The summed E-state index contributed by atoms with van der Waals surface area (Å²) in [6, 6.07) is 26.0. The van der Waals surface area contributed by atoms with E-state index >= 15 is 0 Å². The van der Waals surface area contributed by atoms with Gasteiger partial charge in [0.25, 0.3) is 0 Å². The largest absolute Gasteiger partial charge is 0.461 e. The number of ether oxygens (including phenoxy) is 2. The number of esters is 1. The van der Waals surface area contributed by atoms with Crippen molar-refractivity contribution in [3.63, 3.8) is 0 Å². The predicted molar refractivity (Wildman–Crippen MR) is 176 cm³/mol. The fourth-order valence-corrected chi connectivity index (χ4v) is 6.90. The van der Waals surface area contributed by atoms with Crippen LogP contribution in [0, 0.1) is 0 Å². The van der Waals surface area contributed by atoms with Crippen LogP contribution in [0.15, 0.2) is 84.9 Å². The van der Waals surface area contributed by atoms with Gasteiger partial charge in [0.15, 0.2) is 0 Å². The van der Waals surface area contributed by atoms with E-state index in [1.807, 2.05) is 71.3 Å². The van der Waals surface area contributed by atoms with E-state index < -0.39 is 16.0 Å². The Bertz CT molecular complexity index is 1900. The lowest BCUT2D eigenvalue weighted by Gasteiger charge is -2.26. The second-order valence-electron chi connectivity index (χ2n) is 11.2. The molecule has 3 N–H and O–H groups in total. The number of sulfonamides is 1. The van der Waals surface area contributed by atoms with Crippen molar-refractivity contribution >= 4 is 43.5 Å². The Labute approximate surface area is 262 Å². The topological polar surface area (TPSA) is 129 Å². The van der Waals surface area contributed by atoms with Gasteiger partial charge in [0.2, 0.25) is 10.0 Å². The van der Waals surface area contributed by atoms with E-state index in [0.717, 1.165) is 61.0 Å². The summed E-state index contributed by atoms with van der Waals surface area (Å²) in [6.45, 7) is 4.85. The van der Waals surface area contributed by atoms with Crippen molar-refractivity contribution in [2.24, 2.45) is 5.73 Å². The zero-order chi connectivity index (χ0) is 31.2. The number of nitrogens with two attached hydrogens (primary N) is 1. The van der Waals surface area contributed by atoms with Gasteiger partial charge in [0.05, 0.1) is 37.8 Å². The first-order chi connectivity index (χ1) is 21.9. The minimum atomic E-state index is -3.69. The maximum atomic E-state index is 13.5. The summed E-state index contributed by atoms with van der Waals surface area (Å²) in [4.78, 5) is 20.6. The van der Waals surface area contributed by atoms with Crippen molar-refractivity contribution in [3.05, 3.63) is 107 Å². The molecule has 0 unspecified atom stereocenters. The molecule has 6 rings (SSSR count). The number of carbonyl (C=O) groups excluding carboxylic acids is 1. The molecule has 1 saturated heterocycles. The highest BCUT2D eigenvalue weighted by Crippen LogP contribution is 2.29. The molecule has 1 aliphatic heterocycles. The van der Waals surface area contributed by atoms with Gasteiger partial charge in [0.1, 0.15) is 11.3 Å². The quantitative estimate of drug-likeness (QED) is 0.153. The summed E-state index contributed by atoms with van der Waals surface area (Å²) in [5.74, 6) is -0.584. The number of benzene rings is 3. The molecule has 1 aliphatic rings. The predicted octanol–water partition coefficient (Wildman–Crippen LogP) is 4.52. The second kappa shape index (κ2) is 13.8. The van der Waals surface area contributed by atoms with E-state index in [1.165, 1.54) is 0 Å². The molecule has 11 heteroatoms. The number of hydrogen-bond donors (Lipinski definition) is 2. The molecule has 0 radical (unpaired) electrons. The third kappa shape index (κ3) is 7.51. The van der Waals surface area contributed by atoms with E-state index in [0.29, 0.717) is 34.9 Å². The highest BCUT2D eigenvalue weighted by Gasteiger charge is 2.21. The van der Waals surface area contributed by atoms with Gasteiger partial charge in [-0.25, -0.2) is 18.2 Å². The standard InChI is InChI=1S/C34H37N5O5S/c35-22-29-12-11-27-21-32(34(40)44-16-6-13-38-14-17-43-18-15-38)39(33(27)36-29)23-28-20-30(19-26-9-4-5-10-31(26)28)37-45(41,42)24-25-7-2-1-3-8-25/h1-5,7-12,19-21,37H,6,13-18,22-24,35H2. The van der Waals surface area contributed by atoms with Crippen molar-refractivity contribution in [2.45, 2.75) is 25.3 Å². The molecule has 45 heavy (non-hydrogen) atoms. The Morgan fingerprint density at radius 1 is 0.956 bits per heavy atom. The van der Waals surface area contributed by atoms with E-state index in [1.54, 1.807) is 18.2 Å². The average molecular weight is 628 g/mol. The molecule has 1 fully saturated rings. The molecule has 3 aromatic carbocycles. The lowest BCUT2D eigenvalue weighted by Crippen LogP contribution is -2.37. The van der Waals surface area contributed by atoms with Crippen LogP contribution in [0.5, 0.6) is 0 Å². The number of morpholine rings is 1. The SMILES string of the molecule is NCc1ccc2cc(C(=O)OCCCN3CCOCC3)n(Cc3cc(NS(=O)(=O)Cc4ccccc4)cc4ccccc34)c2n1. The number of nitrogens with one attached hydrogen (secondary N) is 1. The lowest BCUT2D eigenvalue weighted by atomic mass is 10.0. The van der Waals surface area contributed by atoms with Crippen LogP contribution in [-0.4, -0.2) is 68.3 Å². The zero-order valence-electron chi connectivity index (χ0n) is 25.0. The molecule has 234 valence electrons. The minimum absolute atomic E-state index is 0.147. The Hall–Kier alpha value is -4.29. The summed E-state index contributed by atoms with van der Waals surface area (Å²) in [5, 5.41) is 2.59. The molecular weight excluding hydrogens is 590 g/mol. The minimum Gasteiger partial charge on any atom is -0.461 e. The van der Waals surface area contributed by atoms with E-state index in [-0.39, 0.29) is 18.8 Å². The number of hydrogen-bond acceptors (Lipinski definition) is 8. The van der Waals surface area contributed by atoms with E-state index in [4.69, 9.17) is 20.2 Å². The number of aromatic nitrogens is 2. The van der Waals surface area contributed by atoms with Crippen LogP contribution < -0.4 is 10.5 Å². The van der Waals surface area contributed by atoms with Crippen LogP contribution in [0.25, 0.3) is 21.8 Å². The van der Waals surface area contributed by atoms with Gasteiger partial charge in [0, 0.05) is 37.3 Å². The normalized spacial score (nSPS) is 14.2. The Morgan fingerprint density at radius 2 is 1.73 bits per heavy atom. The Morgan fingerprint density at radius 3 is 2.53 bits per heavy atom. The lowest BCUT2D eigenvalue weighted by molar-refractivity contribution is 0.0295. The molecule has 3 heterocycles. The Balaban J connectivity index is 1.30. The van der Waals surface area contributed by atoms with Gasteiger partial charge in [-0.1, -0.05) is 54.6 Å². The van der Waals surface area contributed by atoms with Gasteiger partial charge in [-0.2, -0.15) is 0 Å². The molecule has 0 aliphatic carbocycles. The van der Waals surface area contributed by atoms with Crippen molar-refractivity contribution in [1.82, 2.24) is 14.5 Å². The first-order valence-corrected chi connectivity index (χ1v) is 16.8. The summed E-state index contributed by atoms with van der Waals surface area (Å²) >= 11 is 0. The summed E-state index contributed by atoms with van der Waals surface area (Å²) in [5.41, 5.74) is 9.56. The third-order valence-electron chi connectivity index (χ3n) is 7.92. The zero-order valence-corrected chi connectivity index (χ0v) is 25.8. The molecule has 0 bridgehead atoms. The van der Waals surface area contributed by atoms with E-state index in [2.05, 4.69) is 9.62 Å². The highest BCUT2D eigenvalue weighted by molar-refractivity contribution is 7.91. The fraction of sp³-hybridized carbons (Fsp3) is 0.294. The van der Waals surface area contributed by atoms with Crippen molar-refractivity contribution in [2.75, 3.05) is 44.2 Å². The molecule has 0 spiro atoms. The smallest absolute Gasteiger partial charge is 0.355 e. The molecular formula is C34H37N5O5S. The number of fused-ring (bicyclic) bond motifs is 2. The monoisotopic (exact) mass is 627 g/mol. The van der Waals surface area contributed by atoms with Crippen LogP contribution in [0.3, 0.4) is 0 Å². The van der Waals surface area contributed by atoms with Crippen LogP contribution in [0.1, 0.15) is 33.7 Å². The molecule has 10 nitrogen and oxygen atoms in total. The number of rotatable bonds is 12. The van der Waals surface area contributed by atoms with Gasteiger partial charge >= 0.3 is 5.97 Å². The first-order valence-electron chi connectivity index (χ1n) is 15.1. The van der Waals surface area contributed by atoms with Crippen molar-refractivity contribution in [3.8, 4) is 0 Å². The molecule has 2 aromatic heterocycles. The first kappa shape index (κ1) is 30.7. The van der Waals surface area contributed by atoms with E-state index in [9.17, 15) is 13.2 Å². The van der Waals surface area contributed by atoms with Crippen molar-refractivity contribution in [1.29, 1.82) is 0 Å². The molecule has 0 atom stereocenters. The summed E-state index contributed by atoms with van der Waals surface area (Å²) < 4.78 is 42.0. The Kier molecular flexibility index (Phi) is 9.41. The second-order valence-corrected chi connectivity index (χ2v) is 12.9. The van der Waals surface area contributed by atoms with Crippen LogP contribution in [0.4, 0.5) is 5.69 Å².